The Morgan fingerprint density at radius 1 is 0.839 bits per heavy atom. The molecule has 6 heterocycles. The minimum Gasteiger partial charge on any atom is -0.508 e. The van der Waals surface area contributed by atoms with Crippen LogP contribution < -0.4 is 20.3 Å². The van der Waals surface area contributed by atoms with Gasteiger partial charge in [0, 0.05) is 89.4 Å². The number of halogens is 2. The van der Waals surface area contributed by atoms with Crippen LogP contribution in [0.5, 0.6) is 11.8 Å². The average Bonchev–Trinajstić information content (AvgIpc) is 1.33. The highest BCUT2D eigenvalue weighted by Crippen LogP contribution is 2.43. The van der Waals surface area contributed by atoms with Gasteiger partial charge in [0.25, 0.3) is 0 Å². The van der Waals surface area contributed by atoms with Gasteiger partial charge in [-0.3, -0.25) is 24.2 Å². The number of ether oxygens (including phenoxy) is 2. The summed E-state index contributed by atoms with van der Waals surface area (Å²) < 4.78 is 29.5. The molecule has 19 nitrogen and oxygen atoms in total. The summed E-state index contributed by atoms with van der Waals surface area (Å²) in [7, 11) is 0. The van der Waals surface area contributed by atoms with Crippen LogP contribution in [0.1, 0.15) is 92.0 Å². The lowest BCUT2D eigenvalue weighted by Crippen LogP contribution is -2.59. The summed E-state index contributed by atoms with van der Waals surface area (Å²) in [5.41, 5.74) is 3.97. The number of aliphatic hydroxyl groups excluding tert-OH is 1. The second-order valence-electron chi connectivity index (χ2n) is 26.1. The Labute approximate surface area is 518 Å². The summed E-state index contributed by atoms with van der Waals surface area (Å²) in [6.45, 7) is 25.1. The number of aryl methyl sites for hydroxylation is 1. The molecule has 4 aliphatic rings. The van der Waals surface area contributed by atoms with Gasteiger partial charge < -0.3 is 49.9 Å². The number of rotatable bonds is 16. The number of aromatic nitrogens is 3. The first-order chi connectivity index (χ1) is 41.3. The van der Waals surface area contributed by atoms with Crippen molar-refractivity contribution >= 4 is 74.2 Å². The van der Waals surface area contributed by atoms with E-state index >= 15 is 4.39 Å². The van der Waals surface area contributed by atoms with Crippen molar-refractivity contribution in [3.8, 4) is 33.3 Å². The number of benzene rings is 4. The van der Waals surface area contributed by atoms with Crippen molar-refractivity contribution in [3.63, 3.8) is 0 Å². The number of amides is 4. The Morgan fingerprint density at radius 2 is 1.53 bits per heavy atom. The van der Waals surface area contributed by atoms with E-state index < -0.39 is 41.1 Å². The zero-order chi connectivity index (χ0) is 62.1. The lowest BCUT2D eigenvalue weighted by molar-refractivity contribution is -0.144. The van der Waals surface area contributed by atoms with Crippen LogP contribution in [0.3, 0.4) is 0 Å². The lowest BCUT2D eigenvalue weighted by atomic mass is 9.85. The third-order valence-electron chi connectivity index (χ3n) is 17.1. The fraction of sp³-hybridized carbons (Fsp3) is 0.523. The summed E-state index contributed by atoms with van der Waals surface area (Å²) >= 11 is 8.58. The Morgan fingerprint density at radius 3 is 2.20 bits per heavy atom. The SMILES string of the molecule is Cc1ncsc1-c1ccc([C@H](C)NC(=O)[C@@H]2C[C@@H](O)CN2C(=O)C(NC(=O)CN2CCC(CN3CCN(CC(C)Oc4nc(N5CCN(C(=O)OC(C)(C)C)CC5)c5cc(Cl)c(-c6cc(O)cc7ccccc67)c(F)c5n4)CC3)CC2)C(C)(C)C)cc1. The first-order valence-corrected chi connectivity index (χ1v) is 31.7. The number of anilines is 1. The van der Waals surface area contributed by atoms with E-state index in [0.717, 1.165) is 85.7 Å². The quantitative estimate of drug-likeness (QED) is 0.0713. The Kier molecular flexibility index (Phi) is 19.3. The number of hydrogen-bond donors (Lipinski definition) is 4. The monoisotopic (exact) mass is 1230 g/mol. The molecule has 4 aliphatic heterocycles. The zero-order valence-corrected chi connectivity index (χ0v) is 53.0. The van der Waals surface area contributed by atoms with Crippen molar-refractivity contribution in [3.05, 3.63) is 94.3 Å². The summed E-state index contributed by atoms with van der Waals surface area (Å²) in [6, 6.07) is 18.1. The van der Waals surface area contributed by atoms with Gasteiger partial charge in [-0.1, -0.05) is 80.9 Å². The van der Waals surface area contributed by atoms with Crippen LogP contribution in [-0.2, 0) is 19.1 Å². The molecule has 466 valence electrons. The lowest BCUT2D eigenvalue weighted by Gasteiger charge is -2.39. The molecule has 4 amide bonds. The number of β-amino-alcohol motifs (C(OH)–C–C–N with tert-alkyl or cyclic N) is 1. The maximum Gasteiger partial charge on any atom is 0.410 e. The largest absolute Gasteiger partial charge is 0.508 e. The number of fused-ring (bicyclic) bond motifs is 2. The second-order valence-corrected chi connectivity index (χ2v) is 27.3. The molecule has 0 bridgehead atoms. The molecule has 4 fully saturated rings. The smallest absolute Gasteiger partial charge is 0.410 e. The molecule has 2 unspecified atom stereocenters. The fourth-order valence-corrected chi connectivity index (χ4v) is 13.6. The first-order valence-electron chi connectivity index (χ1n) is 30.4. The van der Waals surface area contributed by atoms with E-state index in [0.29, 0.717) is 60.8 Å². The zero-order valence-electron chi connectivity index (χ0n) is 51.4. The number of likely N-dealkylation sites (tertiary alicyclic amines) is 2. The normalized spacial score (nSPS) is 19.7. The summed E-state index contributed by atoms with van der Waals surface area (Å²) in [5, 5.41) is 29.6. The molecule has 0 spiro atoms. The number of hydrogen-bond acceptors (Lipinski definition) is 16. The van der Waals surface area contributed by atoms with Crippen molar-refractivity contribution in [1.82, 2.24) is 50.1 Å². The third-order valence-corrected chi connectivity index (χ3v) is 18.4. The van der Waals surface area contributed by atoms with Gasteiger partial charge in [-0.05, 0) is 124 Å². The highest BCUT2D eigenvalue weighted by Gasteiger charge is 2.45. The Hall–Kier alpha value is -6.75. The van der Waals surface area contributed by atoms with Crippen LogP contribution in [0.15, 0.2) is 72.2 Å². The molecule has 0 aliphatic carbocycles. The van der Waals surface area contributed by atoms with Gasteiger partial charge in [-0.2, -0.15) is 9.97 Å². The number of thiazole rings is 1. The number of piperazine rings is 2. The molecule has 6 aromatic rings. The number of carbonyl (C=O) groups excluding carboxylic acids is 4. The molecule has 4 N–H and O–H groups in total. The minimum absolute atomic E-state index is 0.000240. The number of carbonyl (C=O) groups is 4. The topological polar surface area (TPSA) is 209 Å². The predicted octanol–water partition coefficient (Wildman–Crippen LogP) is 8.90. The predicted molar refractivity (Wildman–Crippen MR) is 338 cm³/mol. The molecule has 4 saturated heterocycles. The highest BCUT2D eigenvalue weighted by molar-refractivity contribution is 7.13. The molecule has 0 radical (unpaired) electrons. The minimum atomic E-state index is -0.916. The van der Waals surface area contributed by atoms with E-state index in [-0.39, 0.29) is 77.2 Å². The van der Waals surface area contributed by atoms with E-state index in [4.69, 9.17) is 31.0 Å². The van der Waals surface area contributed by atoms with Gasteiger partial charge in [-0.25, -0.2) is 14.2 Å². The van der Waals surface area contributed by atoms with E-state index in [1.54, 1.807) is 28.4 Å². The van der Waals surface area contributed by atoms with Crippen molar-refractivity contribution in [2.24, 2.45) is 11.3 Å². The third kappa shape index (κ3) is 15.1. The van der Waals surface area contributed by atoms with Crippen LogP contribution >= 0.6 is 22.9 Å². The van der Waals surface area contributed by atoms with Crippen LogP contribution in [-0.4, -0.2) is 195 Å². The van der Waals surface area contributed by atoms with Crippen LogP contribution in [0.2, 0.25) is 5.02 Å². The highest BCUT2D eigenvalue weighted by atomic mass is 35.5. The number of phenolic OH excluding ortho intramolecular Hbond substituents is 1. The Balaban J connectivity index is 0.713. The summed E-state index contributed by atoms with van der Waals surface area (Å²) in [6.07, 6.45) is 0.330. The molecule has 10 rings (SSSR count). The van der Waals surface area contributed by atoms with Crippen LogP contribution in [0.4, 0.5) is 15.0 Å². The fourth-order valence-electron chi connectivity index (χ4n) is 12.5. The molecule has 2 aromatic heterocycles. The van der Waals surface area contributed by atoms with Crippen LogP contribution in [0, 0.1) is 24.1 Å². The van der Waals surface area contributed by atoms with E-state index in [2.05, 4.69) is 30.3 Å². The first kappa shape index (κ1) is 63.3. The number of phenols is 1. The van der Waals surface area contributed by atoms with Crippen molar-refractivity contribution in [2.45, 2.75) is 118 Å². The number of aliphatic hydroxyl groups is 1. The van der Waals surface area contributed by atoms with Gasteiger partial charge in [0.15, 0.2) is 5.82 Å². The molecule has 0 saturated carbocycles. The maximum atomic E-state index is 17.3. The van der Waals surface area contributed by atoms with Gasteiger partial charge in [0.05, 0.1) is 39.8 Å². The molecule has 5 atom stereocenters. The van der Waals surface area contributed by atoms with Crippen LogP contribution in [0.25, 0.3) is 43.2 Å². The molecule has 4 aromatic carbocycles. The van der Waals surface area contributed by atoms with Crippen molar-refractivity contribution in [2.75, 3.05) is 96.5 Å². The molecular weight excluding hydrogens is 1150 g/mol. The van der Waals surface area contributed by atoms with Crippen molar-refractivity contribution < 1.29 is 43.3 Å². The number of nitrogens with zero attached hydrogens (tertiary/aromatic N) is 9. The van der Waals surface area contributed by atoms with E-state index in [1.165, 1.54) is 11.0 Å². The van der Waals surface area contributed by atoms with Crippen molar-refractivity contribution in [1.29, 1.82) is 0 Å². The second kappa shape index (κ2) is 26.5. The molecule has 87 heavy (non-hydrogen) atoms. The maximum absolute atomic E-state index is 17.3. The Bertz CT molecular complexity index is 3460. The number of piperidine rings is 1. The molecule has 22 heteroatoms. The van der Waals surface area contributed by atoms with Gasteiger partial charge in [0.2, 0.25) is 17.7 Å². The molecular formula is C65H83ClFN11O8S. The standard InChI is InChI=1S/C65H83ClFN11O8S/c1-39(85-62-71-56-50(59(72-62)76-26-28-77(29-27-76)63(84)86-65(7,8)9)33-51(66)54(55(56)67)49-31-46(79)30-45-12-10-11-13-48(45)49)34-74-22-24-75(25-23-74)35-42-18-20-73(21-19-42)37-53(81)70-58(64(4,5)6)61(83)78-36-47(80)32-52(78)60(82)69-40(2)43-14-16-44(17-15-43)57-41(3)68-38-87-57/h10-17,30-31,33,38-40,42,47,52,58,79-80H,18-29,32,34-37H2,1-9H3,(H,69,82)(H,70,81)/t39?,40-,47+,52-,58?/m0/s1. The van der Waals surface area contributed by atoms with Gasteiger partial charge in [-0.15, -0.1) is 11.3 Å². The average molecular weight is 1230 g/mol. The van der Waals surface area contributed by atoms with Gasteiger partial charge >= 0.3 is 12.1 Å². The van der Waals surface area contributed by atoms with Gasteiger partial charge in [0.1, 0.15) is 40.9 Å². The number of nitrogens with one attached hydrogen (secondary N) is 2. The van der Waals surface area contributed by atoms with E-state index in [9.17, 15) is 29.4 Å². The summed E-state index contributed by atoms with van der Waals surface area (Å²) in [4.78, 5) is 82.2. The summed E-state index contributed by atoms with van der Waals surface area (Å²) in [5.74, 6) is -0.791. The number of aromatic hydroxyl groups is 1. The van der Waals surface area contributed by atoms with E-state index in [1.807, 2.05) is 121 Å².